The van der Waals surface area contributed by atoms with E-state index in [0.717, 1.165) is 0 Å². The molecule has 9 heteroatoms. The van der Waals surface area contributed by atoms with Gasteiger partial charge in [-0.1, -0.05) is 29.8 Å². The second kappa shape index (κ2) is 7.51. The molecular formula is C23H18ClN3O4S. The number of amides is 1. The number of likely N-dealkylation sites (N-methyl/N-ethyl adjacent to an activating group) is 1. The Bertz CT molecular complexity index is 1260. The van der Waals surface area contributed by atoms with Crippen LogP contribution in [0.3, 0.4) is 0 Å². The lowest BCUT2D eigenvalue weighted by Crippen LogP contribution is -2.51. The summed E-state index contributed by atoms with van der Waals surface area (Å²) in [7, 11) is 1.81. The van der Waals surface area contributed by atoms with Crippen LogP contribution in [0.25, 0.3) is 0 Å². The van der Waals surface area contributed by atoms with Crippen molar-refractivity contribution in [2.24, 2.45) is 5.92 Å². The largest absolute Gasteiger partial charge is 0.324 e. The van der Waals surface area contributed by atoms with E-state index < -0.39 is 22.3 Å². The lowest BCUT2D eigenvalue weighted by atomic mass is 9.71. The molecule has 3 unspecified atom stereocenters. The van der Waals surface area contributed by atoms with E-state index in [1.807, 2.05) is 17.3 Å². The summed E-state index contributed by atoms with van der Waals surface area (Å²) in [5, 5.41) is 16.6. The Kier molecular flexibility index (Phi) is 4.88. The number of nitro groups is 1. The molecule has 1 saturated heterocycles. The van der Waals surface area contributed by atoms with Crippen LogP contribution in [0.15, 0.2) is 60.0 Å². The zero-order chi connectivity index (χ0) is 22.6. The molecule has 1 spiro atoms. The van der Waals surface area contributed by atoms with Gasteiger partial charge in [0.05, 0.1) is 15.7 Å². The molecule has 2 aliphatic rings. The van der Waals surface area contributed by atoms with Crippen molar-refractivity contribution >= 4 is 46.0 Å². The van der Waals surface area contributed by atoms with Crippen LogP contribution in [0.5, 0.6) is 0 Å². The van der Waals surface area contributed by atoms with Gasteiger partial charge in [-0.15, -0.1) is 11.3 Å². The maximum absolute atomic E-state index is 13.9. The molecule has 3 atom stereocenters. The van der Waals surface area contributed by atoms with Crippen molar-refractivity contribution in [1.29, 1.82) is 0 Å². The average Bonchev–Trinajstić information content (AvgIpc) is 3.47. The van der Waals surface area contributed by atoms with Gasteiger partial charge in [0.1, 0.15) is 5.54 Å². The van der Waals surface area contributed by atoms with Crippen molar-refractivity contribution in [2.45, 2.75) is 11.5 Å². The summed E-state index contributed by atoms with van der Waals surface area (Å²) in [5.74, 6) is -1.66. The highest BCUT2D eigenvalue weighted by atomic mass is 35.5. The summed E-state index contributed by atoms with van der Waals surface area (Å²) in [6, 6.07) is 15.0. The zero-order valence-electron chi connectivity index (χ0n) is 16.9. The number of ketones is 1. The topological polar surface area (TPSA) is 92.5 Å². The van der Waals surface area contributed by atoms with Gasteiger partial charge in [-0.2, -0.15) is 0 Å². The van der Waals surface area contributed by atoms with Crippen molar-refractivity contribution in [3.63, 3.8) is 0 Å². The van der Waals surface area contributed by atoms with E-state index in [4.69, 9.17) is 11.6 Å². The second-order valence-corrected chi connectivity index (χ2v) is 9.45. The number of Topliss-reactive ketones (excluding diaryl/α,β-unsaturated/α-hetero) is 1. The molecule has 0 radical (unpaired) electrons. The minimum Gasteiger partial charge on any atom is -0.324 e. The molecule has 2 aromatic carbocycles. The third-order valence-corrected chi connectivity index (χ3v) is 7.59. The molecule has 3 aromatic rings. The van der Waals surface area contributed by atoms with E-state index in [0.29, 0.717) is 33.3 Å². The molecule has 32 heavy (non-hydrogen) atoms. The van der Waals surface area contributed by atoms with Gasteiger partial charge in [0.2, 0.25) is 5.91 Å². The number of hydrogen-bond acceptors (Lipinski definition) is 6. The van der Waals surface area contributed by atoms with Gasteiger partial charge in [-0.3, -0.25) is 24.6 Å². The molecule has 1 fully saturated rings. The summed E-state index contributed by atoms with van der Waals surface area (Å²) in [4.78, 5) is 40.8. The molecule has 1 amide bonds. The van der Waals surface area contributed by atoms with Gasteiger partial charge in [0, 0.05) is 40.9 Å². The number of nitrogens with zero attached hydrogens (tertiary/aromatic N) is 2. The Morgan fingerprint density at radius 1 is 1.25 bits per heavy atom. The van der Waals surface area contributed by atoms with Crippen LogP contribution in [0.2, 0.25) is 5.02 Å². The number of carbonyl (C=O) groups is 2. The van der Waals surface area contributed by atoms with Crippen molar-refractivity contribution in [3.8, 4) is 0 Å². The molecule has 5 rings (SSSR count). The van der Waals surface area contributed by atoms with Crippen molar-refractivity contribution in [3.05, 3.63) is 91.1 Å². The number of anilines is 1. The number of benzene rings is 2. The van der Waals surface area contributed by atoms with E-state index in [9.17, 15) is 19.7 Å². The summed E-state index contributed by atoms with van der Waals surface area (Å²) in [6.07, 6.45) is 0. The molecule has 0 saturated carbocycles. The van der Waals surface area contributed by atoms with E-state index >= 15 is 0 Å². The highest BCUT2D eigenvalue weighted by Gasteiger charge is 2.64. The fourth-order valence-corrected chi connectivity index (χ4v) is 6.03. The van der Waals surface area contributed by atoms with Gasteiger partial charge in [-0.25, -0.2) is 0 Å². The highest BCUT2D eigenvalue weighted by Crippen LogP contribution is 2.56. The predicted octanol–water partition coefficient (Wildman–Crippen LogP) is 4.69. The monoisotopic (exact) mass is 467 g/mol. The van der Waals surface area contributed by atoms with E-state index in [1.165, 1.54) is 23.5 Å². The molecule has 1 N–H and O–H groups in total. The lowest BCUT2D eigenvalue weighted by molar-refractivity contribution is -0.384. The third-order valence-electron chi connectivity index (χ3n) is 6.47. The van der Waals surface area contributed by atoms with Gasteiger partial charge in [0.25, 0.3) is 5.69 Å². The number of non-ortho nitro benzene ring substituents is 1. The molecule has 2 aliphatic heterocycles. The second-order valence-electron chi connectivity index (χ2n) is 8.07. The Hall–Kier alpha value is -3.07. The maximum Gasteiger partial charge on any atom is 0.269 e. The fraction of sp³-hybridized carbons (Fsp3) is 0.217. The smallest absolute Gasteiger partial charge is 0.269 e. The van der Waals surface area contributed by atoms with Crippen molar-refractivity contribution < 1.29 is 14.5 Å². The van der Waals surface area contributed by atoms with Crippen molar-refractivity contribution in [1.82, 2.24) is 4.90 Å². The highest BCUT2D eigenvalue weighted by molar-refractivity contribution is 7.12. The quantitative estimate of drug-likeness (QED) is 0.341. The number of nitro benzene ring substituents is 1. The van der Waals surface area contributed by atoms with Crippen LogP contribution in [0.4, 0.5) is 11.4 Å². The van der Waals surface area contributed by atoms with Gasteiger partial charge in [-0.05, 0) is 42.3 Å². The molecule has 162 valence electrons. The summed E-state index contributed by atoms with van der Waals surface area (Å²) in [5.41, 5.74) is 0.612. The lowest BCUT2D eigenvalue weighted by Gasteiger charge is -2.35. The molecule has 0 bridgehead atoms. The first kappa shape index (κ1) is 20.8. The summed E-state index contributed by atoms with van der Waals surface area (Å²) in [6.45, 7) is 0.377. The Balaban J connectivity index is 1.74. The first-order chi connectivity index (χ1) is 15.3. The Morgan fingerprint density at radius 2 is 2.06 bits per heavy atom. The number of halogens is 1. The Labute approximate surface area is 192 Å². The fourth-order valence-electron chi connectivity index (χ4n) is 5.15. The maximum atomic E-state index is 13.9. The molecule has 3 heterocycles. The molecule has 1 aromatic heterocycles. The number of hydrogen-bond donors (Lipinski definition) is 1. The number of nitrogens with one attached hydrogen (secondary N) is 1. The third kappa shape index (κ3) is 2.91. The van der Waals surface area contributed by atoms with Crippen LogP contribution in [0, 0.1) is 16.0 Å². The number of likely N-dealkylation sites (tertiary alicyclic amines) is 1. The summed E-state index contributed by atoms with van der Waals surface area (Å²) >= 11 is 7.62. The average molecular weight is 468 g/mol. The number of fused-ring (bicyclic) bond motifs is 2. The van der Waals surface area contributed by atoms with E-state index in [-0.39, 0.29) is 17.4 Å². The SMILES string of the molecule is CN1CC(c2cccc([N+](=O)[O-])c2)C(C(=O)c2cccs2)C12C(=O)Nc1ccc(Cl)cc12. The van der Waals surface area contributed by atoms with E-state index in [1.54, 1.807) is 42.5 Å². The standard InChI is InChI=1S/C23H18ClN3O4S/c1-26-12-16(13-4-2-5-15(10-13)27(30)31)20(21(28)19-6-3-9-32-19)23(26)17-11-14(24)7-8-18(17)25-22(23)29/h2-11,16,20H,12H2,1H3,(H,25,29). The zero-order valence-corrected chi connectivity index (χ0v) is 18.5. The molecular weight excluding hydrogens is 450 g/mol. The van der Waals surface area contributed by atoms with Gasteiger partial charge < -0.3 is 5.32 Å². The minimum atomic E-state index is -1.27. The summed E-state index contributed by atoms with van der Waals surface area (Å²) < 4.78 is 0. The van der Waals surface area contributed by atoms with Gasteiger partial charge >= 0.3 is 0 Å². The van der Waals surface area contributed by atoms with Crippen LogP contribution < -0.4 is 5.32 Å². The number of rotatable bonds is 4. The first-order valence-corrected chi connectivity index (χ1v) is 11.2. The Morgan fingerprint density at radius 3 is 2.78 bits per heavy atom. The normalized spacial score (nSPS) is 24.5. The molecule has 7 nitrogen and oxygen atoms in total. The predicted molar refractivity (Wildman–Crippen MR) is 122 cm³/mol. The number of thiophene rings is 1. The molecule has 0 aliphatic carbocycles. The van der Waals surface area contributed by atoms with Crippen LogP contribution in [0.1, 0.15) is 26.7 Å². The van der Waals surface area contributed by atoms with Gasteiger partial charge in [0.15, 0.2) is 5.78 Å². The van der Waals surface area contributed by atoms with Crippen LogP contribution in [-0.4, -0.2) is 35.1 Å². The van der Waals surface area contributed by atoms with Crippen molar-refractivity contribution in [2.75, 3.05) is 18.9 Å². The number of carbonyl (C=O) groups excluding carboxylic acids is 2. The van der Waals surface area contributed by atoms with Crippen LogP contribution >= 0.6 is 22.9 Å². The van der Waals surface area contributed by atoms with E-state index in [2.05, 4.69) is 5.32 Å². The van der Waals surface area contributed by atoms with Crippen LogP contribution in [-0.2, 0) is 10.3 Å². The minimum absolute atomic E-state index is 0.0484. The first-order valence-electron chi connectivity index (χ1n) is 9.99.